The monoisotopic (exact) mass is 431 g/mol. The lowest BCUT2D eigenvalue weighted by Gasteiger charge is -2.27. The third kappa shape index (κ3) is 7.00. The number of ether oxygens (including phenoxy) is 1. The highest BCUT2D eigenvalue weighted by atomic mass is 16.5. The van der Waals surface area contributed by atoms with Crippen molar-refractivity contribution in [1.29, 1.82) is 0 Å². The largest absolute Gasteiger partial charge is 0.489 e. The van der Waals surface area contributed by atoms with Crippen LogP contribution >= 0.6 is 0 Å². The topological polar surface area (TPSA) is 81.6 Å². The number of hydrogen-bond acceptors (Lipinski definition) is 5. The van der Waals surface area contributed by atoms with Crippen LogP contribution in [0.15, 0.2) is 103 Å². The smallest absolute Gasteiger partial charge is 0.180 e. The van der Waals surface area contributed by atoms with E-state index in [-0.39, 0.29) is 17.4 Å². The summed E-state index contributed by atoms with van der Waals surface area (Å²) in [6, 6.07) is 17.3. The molecular formula is C27H33N3O2. The third-order valence-electron chi connectivity index (χ3n) is 4.85. The molecule has 0 heterocycles. The van der Waals surface area contributed by atoms with Crippen molar-refractivity contribution in [2.24, 2.45) is 17.5 Å². The van der Waals surface area contributed by atoms with Crippen molar-refractivity contribution in [2.45, 2.75) is 33.3 Å². The first-order valence-corrected chi connectivity index (χ1v) is 10.8. The zero-order chi connectivity index (χ0) is 23.3. The van der Waals surface area contributed by atoms with Crippen molar-refractivity contribution >= 4 is 11.5 Å². The summed E-state index contributed by atoms with van der Waals surface area (Å²) >= 11 is 0. The van der Waals surface area contributed by atoms with E-state index in [2.05, 4.69) is 6.58 Å². The molecule has 5 nitrogen and oxygen atoms in total. The Hall–Kier alpha value is -3.57. The number of ketones is 1. The fourth-order valence-electron chi connectivity index (χ4n) is 3.15. The lowest BCUT2D eigenvalue weighted by molar-refractivity contribution is -0.115. The fraction of sp³-hybridized carbons (Fsp3) is 0.222. The number of Topliss-reactive ketones (excluding diaryl/α,β-unsaturated/α-hetero) is 1. The van der Waals surface area contributed by atoms with E-state index in [0.717, 1.165) is 5.56 Å². The molecule has 0 aromatic heterocycles. The van der Waals surface area contributed by atoms with Gasteiger partial charge in [-0.3, -0.25) is 9.80 Å². The molecule has 2 aromatic carbocycles. The van der Waals surface area contributed by atoms with E-state index in [9.17, 15) is 4.79 Å². The number of carbonyl (C=O) groups is 1. The number of carbonyl (C=O) groups excluding carboxylic acids is 1. The molecule has 0 aliphatic rings. The van der Waals surface area contributed by atoms with E-state index < -0.39 is 0 Å². The number of nitrogens with two attached hydrogens (primary N) is 2. The minimum atomic E-state index is -0.342. The SMILES string of the molecule is C=CC(C=C/C=C\C)/C(=C(/N)C(=O)CCC)N(N)c1cccc(OCc2ccccc2)c1. The maximum Gasteiger partial charge on any atom is 0.180 e. The molecule has 0 fully saturated rings. The Labute approximate surface area is 191 Å². The molecule has 2 aromatic rings. The molecule has 0 aliphatic heterocycles. The summed E-state index contributed by atoms with van der Waals surface area (Å²) in [5, 5.41) is 1.45. The van der Waals surface area contributed by atoms with Gasteiger partial charge in [-0.05, 0) is 31.0 Å². The molecule has 5 heteroatoms. The highest BCUT2D eigenvalue weighted by Gasteiger charge is 2.22. The van der Waals surface area contributed by atoms with Gasteiger partial charge in [-0.2, -0.15) is 0 Å². The molecule has 1 atom stereocenters. The number of allylic oxidation sites excluding steroid dienone is 5. The molecule has 0 bridgehead atoms. The van der Waals surface area contributed by atoms with E-state index in [1.54, 1.807) is 6.08 Å². The highest BCUT2D eigenvalue weighted by molar-refractivity contribution is 5.95. The molecule has 168 valence electrons. The van der Waals surface area contributed by atoms with Crippen LogP contribution < -0.4 is 21.3 Å². The minimum Gasteiger partial charge on any atom is -0.489 e. The van der Waals surface area contributed by atoms with Gasteiger partial charge in [0.05, 0.1) is 17.1 Å². The first-order chi connectivity index (χ1) is 15.5. The van der Waals surface area contributed by atoms with Gasteiger partial charge in [0.1, 0.15) is 12.4 Å². The number of hydrazine groups is 1. The quantitative estimate of drug-likeness (QED) is 0.154. The van der Waals surface area contributed by atoms with Gasteiger partial charge in [-0.15, -0.1) is 6.58 Å². The van der Waals surface area contributed by atoms with Crippen molar-refractivity contribution in [3.63, 3.8) is 0 Å². The molecular weight excluding hydrogens is 398 g/mol. The van der Waals surface area contributed by atoms with Crippen molar-refractivity contribution < 1.29 is 9.53 Å². The van der Waals surface area contributed by atoms with E-state index in [4.69, 9.17) is 16.3 Å². The minimum absolute atomic E-state index is 0.138. The van der Waals surface area contributed by atoms with E-state index in [1.165, 1.54) is 5.01 Å². The number of hydrogen-bond donors (Lipinski definition) is 2. The lowest BCUT2D eigenvalue weighted by atomic mass is 9.99. The Bertz CT molecular complexity index is 977. The Morgan fingerprint density at radius 3 is 2.56 bits per heavy atom. The summed E-state index contributed by atoms with van der Waals surface area (Å²) in [5.41, 5.74) is 8.67. The number of rotatable bonds is 12. The predicted molar refractivity (Wildman–Crippen MR) is 133 cm³/mol. The molecule has 1 unspecified atom stereocenters. The lowest BCUT2D eigenvalue weighted by Crippen LogP contribution is -2.37. The number of anilines is 1. The van der Waals surface area contributed by atoms with Crippen molar-refractivity contribution in [2.75, 3.05) is 5.01 Å². The molecule has 4 N–H and O–H groups in total. The van der Waals surface area contributed by atoms with Crippen LogP contribution in [0.5, 0.6) is 5.75 Å². The van der Waals surface area contributed by atoms with Crippen LogP contribution in [0.25, 0.3) is 0 Å². The first-order valence-electron chi connectivity index (χ1n) is 10.8. The zero-order valence-corrected chi connectivity index (χ0v) is 18.9. The van der Waals surface area contributed by atoms with Crippen LogP contribution in [0.1, 0.15) is 32.3 Å². The van der Waals surface area contributed by atoms with Gasteiger partial charge in [-0.25, -0.2) is 5.84 Å². The standard InChI is InChI=1S/C27H33N3O2/c1-4-7-9-16-22(6-3)27(26(28)25(31)13-5-2)30(29)23-17-12-18-24(19-23)32-20-21-14-10-8-11-15-21/h4,6-12,14-19,22H,3,5,13,20,28-29H2,1-2H3/b7-4-,16-9?,27-26-. The van der Waals surface area contributed by atoms with Crippen molar-refractivity contribution in [3.8, 4) is 5.75 Å². The summed E-state index contributed by atoms with van der Waals surface area (Å²) in [4.78, 5) is 12.6. The van der Waals surface area contributed by atoms with Crippen LogP contribution in [0.3, 0.4) is 0 Å². The first kappa shape index (κ1) is 24.7. The van der Waals surface area contributed by atoms with Crippen LogP contribution in [-0.4, -0.2) is 5.78 Å². The van der Waals surface area contributed by atoms with E-state index in [1.807, 2.05) is 92.7 Å². The highest BCUT2D eigenvalue weighted by Crippen LogP contribution is 2.28. The fourth-order valence-corrected chi connectivity index (χ4v) is 3.15. The molecule has 0 saturated heterocycles. The van der Waals surface area contributed by atoms with Crippen molar-refractivity contribution in [1.82, 2.24) is 0 Å². The predicted octanol–water partition coefficient (Wildman–Crippen LogP) is 5.42. The van der Waals surface area contributed by atoms with Gasteiger partial charge >= 0.3 is 0 Å². The second-order valence-electron chi connectivity index (χ2n) is 7.29. The van der Waals surface area contributed by atoms with E-state index in [0.29, 0.717) is 36.6 Å². The van der Waals surface area contributed by atoms with E-state index >= 15 is 0 Å². The summed E-state index contributed by atoms with van der Waals surface area (Å²) < 4.78 is 5.94. The van der Waals surface area contributed by atoms with Gasteiger partial charge in [0.25, 0.3) is 0 Å². The third-order valence-corrected chi connectivity index (χ3v) is 4.85. The summed E-state index contributed by atoms with van der Waals surface area (Å²) in [6.07, 6.45) is 10.4. The summed E-state index contributed by atoms with van der Waals surface area (Å²) in [7, 11) is 0. The maximum absolute atomic E-state index is 12.6. The Morgan fingerprint density at radius 1 is 1.16 bits per heavy atom. The Morgan fingerprint density at radius 2 is 1.91 bits per heavy atom. The average Bonchev–Trinajstić information content (AvgIpc) is 2.82. The molecule has 0 spiro atoms. The van der Waals surface area contributed by atoms with Gasteiger partial charge in [0.15, 0.2) is 5.78 Å². The molecule has 0 aliphatic carbocycles. The molecule has 32 heavy (non-hydrogen) atoms. The number of benzene rings is 2. The van der Waals surface area contributed by atoms with Crippen LogP contribution in [0, 0.1) is 5.92 Å². The van der Waals surface area contributed by atoms with Gasteiger partial charge in [0.2, 0.25) is 0 Å². The van der Waals surface area contributed by atoms with Crippen molar-refractivity contribution in [3.05, 3.63) is 109 Å². The Kier molecular flexibility index (Phi) is 10.0. The van der Waals surface area contributed by atoms with Crippen LogP contribution in [0.2, 0.25) is 0 Å². The second-order valence-corrected chi connectivity index (χ2v) is 7.29. The molecule has 2 rings (SSSR count). The normalized spacial score (nSPS) is 13.1. The second kappa shape index (κ2) is 13.0. The van der Waals surface area contributed by atoms with Gasteiger partial charge < -0.3 is 10.5 Å². The average molecular weight is 432 g/mol. The number of nitrogens with zero attached hydrogens (tertiary/aromatic N) is 1. The summed E-state index contributed by atoms with van der Waals surface area (Å²) in [5.74, 6) is 6.70. The van der Waals surface area contributed by atoms with Gasteiger partial charge in [0, 0.05) is 18.4 Å². The van der Waals surface area contributed by atoms with Gasteiger partial charge in [-0.1, -0.05) is 73.7 Å². The zero-order valence-electron chi connectivity index (χ0n) is 18.9. The van der Waals surface area contributed by atoms with Crippen LogP contribution in [-0.2, 0) is 11.4 Å². The Balaban J connectivity index is 2.37. The molecule has 0 saturated carbocycles. The molecule has 0 amide bonds. The summed E-state index contributed by atoms with van der Waals surface area (Å²) in [6.45, 7) is 8.23. The molecule has 0 radical (unpaired) electrons. The van der Waals surface area contributed by atoms with Crippen LogP contribution in [0.4, 0.5) is 5.69 Å². The maximum atomic E-state index is 12.6.